The highest BCUT2D eigenvalue weighted by Crippen LogP contribution is 2.36. The molecule has 0 saturated carbocycles. The summed E-state index contributed by atoms with van der Waals surface area (Å²) in [4.78, 5) is 14.3. The number of carbonyl (C=O) groups excluding carboxylic acids is 1. The third kappa shape index (κ3) is 3.16. The van der Waals surface area contributed by atoms with Gasteiger partial charge in [-0.15, -0.1) is 0 Å². The van der Waals surface area contributed by atoms with E-state index in [2.05, 4.69) is 6.07 Å². The first-order valence-corrected chi connectivity index (χ1v) is 8.89. The van der Waals surface area contributed by atoms with Crippen molar-refractivity contribution in [2.24, 2.45) is 0 Å². The first-order chi connectivity index (χ1) is 12.8. The van der Waals surface area contributed by atoms with Gasteiger partial charge in [0.15, 0.2) is 0 Å². The molecule has 0 spiro atoms. The average molecular weight is 348 g/mol. The lowest BCUT2D eigenvalue weighted by Crippen LogP contribution is -2.34. The number of hydrogen-bond acceptors (Lipinski definition) is 4. The van der Waals surface area contributed by atoms with Gasteiger partial charge in [-0.2, -0.15) is 5.26 Å². The molecule has 2 aliphatic heterocycles. The smallest absolute Gasteiger partial charge is 0.255 e. The second-order valence-electron chi connectivity index (χ2n) is 6.65. The van der Waals surface area contributed by atoms with E-state index >= 15 is 0 Å². The van der Waals surface area contributed by atoms with Crippen LogP contribution in [0.1, 0.15) is 40.4 Å². The molecule has 0 aliphatic carbocycles. The van der Waals surface area contributed by atoms with Crippen LogP contribution in [0.25, 0.3) is 0 Å². The van der Waals surface area contributed by atoms with Gasteiger partial charge in [-0.05, 0) is 36.6 Å². The molecule has 2 aromatic carbocycles. The Morgan fingerprint density at radius 1 is 1.23 bits per heavy atom. The fourth-order valence-electron chi connectivity index (χ4n) is 3.57. The number of carbonyl (C=O) groups is 1. The summed E-state index contributed by atoms with van der Waals surface area (Å²) in [6.07, 6.45) is 1.97. The Morgan fingerprint density at radius 3 is 2.81 bits per heavy atom. The van der Waals surface area contributed by atoms with Gasteiger partial charge in [0.05, 0.1) is 12.2 Å². The van der Waals surface area contributed by atoms with Crippen LogP contribution >= 0.6 is 0 Å². The van der Waals surface area contributed by atoms with Crippen LogP contribution in [-0.4, -0.2) is 30.1 Å². The van der Waals surface area contributed by atoms with Gasteiger partial charge >= 0.3 is 0 Å². The molecular formula is C21H20N2O3. The Balaban J connectivity index is 1.52. The lowest BCUT2D eigenvalue weighted by atomic mass is 10.1. The molecule has 0 N–H and O–H groups in total. The summed E-state index contributed by atoms with van der Waals surface area (Å²) < 4.78 is 11.5. The predicted octanol–water partition coefficient (Wildman–Crippen LogP) is 3.47. The van der Waals surface area contributed by atoms with Crippen LogP contribution in [0.3, 0.4) is 0 Å². The molecule has 132 valence electrons. The molecular weight excluding hydrogens is 328 g/mol. The molecule has 1 fully saturated rings. The Hall–Kier alpha value is -2.84. The fourth-order valence-corrected chi connectivity index (χ4v) is 3.57. The van der Waals surface area contributed by atoms with E-state index in [1.807, 2.05) is 36.4 Å². The van der Waals surface area contributed by atoms with Gasteiger partial charge in [-0.3, -0.25) is 4.79 Å². The molecule has 2 aromatic rings. The van der Waals surface area contributed by atoms with E-state index in [9.17, 15) is 10.1 Å². The lowest BCUT2D eigenvalue weighted by Gasteiger charge is -2.23. The zero-order chi connectivity index (χ0) is 17.9. The molecule has 0 bridgehead atoms. The van der Waals surface area contributed by atoms with Crippen molar-refractivity contribution in [3.63, 3.8) is 0 Å². The van der Waals surface area contributed by atoms with Crippen LogP contribution in [0.15, 0.2) is 48.5 Å². The Labute approximate surface area is 152 Å². The molecule has 0 aromatic heterocycles. The van der Waals surface area contributed by atoms with Gasteiger partial charge in [-0.1, -0.05) is 30.3 Å². The Kier molecular flexibility index (Phi) is 4.59. The van der Waals surface area contributed by atoms with Crippen molar-refractivity contribution in [2.45, 2.75) is 31.6 Å². The lowest BCUT2D eigenvalue weighted by molar-refractivity contribution is 0.0511. The summed E-state index contributed by atoms with van der Waals surface area (Å²) in [6, 6.07) is 17.0. The molecule has 4 rings (SSSR count). The van der Waals surface area contributed by atoms with E-state index in [0.717, 1.165) is 30.6 Å². The maximum Gasteiger partial charge on any atom is 0.255 e. The van der Waals surface area contributed by atoms with Crippen molar-refractivity contribution in [1.29, 1.82) is 5.26 Å². The summed E-state index contributed by atoms with van der Waals surface area (Å²) in [5, 5.41) is 9.65. The van der Waals surface area contributed by atoms with E-state index in [-0.39, 0.29) is 12.0 Å². The first-order valence-electron chi connectivity index (χ1n) is 8.89. The second kappa shape index (κ2) is 7.19. The molecule has 1 amide bonds. The predicted molar refractivity (Wildman–Crippen MR) is 95.6 cm³/mol. The van der Waals surface area contributed by atoms with E-state index in [1.165, 1.54) is 0 Å². The van der Waals surface area contributed by atoms with Crippen LogP contribution in [0, 0.1) is 11.3 Å². The fraction of sp³-hybridized carbons (Fsp3) is 0.333. The average Bonchev–Trinajstić information content (AvgIpc) is 3.28. The largest absolute Gasteiger partial charge is 0.489 e. The summed E-state index contributed by atoms with van der Waals surface area (Å²) in [5.74, 6) is 0.566. The first kappa shape index (κ1) is 16.6. The van der Waals surface area contributed by atoms with E-state index in [4.69, 9.17) is 9.47 Å². The number of benzene rings is 2. The van der Waals surface area contributed by atoms with Crippen molar-refractivity contribution in [2.75, 3.05) is 13.2 Å². The van der Waals surface area contributed by atoms with Gasteiger partial charge in [0.1, 0.15) is 18.4 Å². The topological polar surface area (TPSA) is 62.6 Å². The molecule has 5 nitrogen and oxygen atoms in total. The van der Waals surface area contributed by atoms with Gasteiger partial charge in [0.2, 0.25) is 0 Å². The van der Waals surface area contributed by atoms with Gasteiger partial charge in [0, 0.05) is 24.3 Å². The number of nitriles is 1. The Morgan fingerprint density at radius 2 is 2.08 bits per heavy atom. The summed E-state index contributed by atoms with van der Waals surface area (Å²) in [5.41, 5.74) is 2.38. The minimum atomic E-state index is -0.582. The van der Waals surface area contributed by atoms with Crippen LogP contribution in [0.2, 0.25) is 0 Å². The van der Waals surface area contributed by atoms with Gasteiger partial charge in [0.25, 0.3) is 5.91 Å². The Bertz CT molecular complexity index is 838. The maximum atomic E-state index is 12.7. The molecule has 1 saturated heterocycles. The number of rotatable bonds is 5. The van der Waals surface area contributed by atoms with Gasteiger partial charge in [-0.25, -0.2) is 0 Å². The number of hydrogen-bond donors (Lipinski definition) is 0. The highest BCUT2D eigenvalue weighted by Gasteiger charge is 2.38. The number of ether oxygens (including phenoxy) is 2. The highest BCUT2D eigenvalue weighted by molar-refractivity contribution is 6.00. The molecule has 2 aliphatic rings. The summed E-state index contributed by atoms with van der Waals surface area (Å²) in [6.45, 7) is 1.64. The van der Waals surface area contributed by atoms with Crippen molar-refractivity contribution in [3.8, 4) is 11.8 Å². The van der Waals surface area contributed by atoms with Crippen LogP contribution < -0.4 is 4.74 Å². The molecule has 2 unspecified atom stereocenters. The van der Waals surface area contributed by atoms with Crippen molar-refractivity contribution >= 4 is 5.91 Å². The quantitative estimate of drug-likeness (QED) is 0.830. The zero-order valence-electron chi connectivity index (χ0n) is 14.4. The molecule has 26 heavy (non-hydrogen) atoms. The van der Waals surface area contributed by atoms with Crippen molar-refractivity contribution in [3.05, 3.63) is 65.2 Å². The molecule has 0 radical (unpaired) electrons. The molecule has 2 heterocycles. The number of fused-ring (bicyclic) bond motifs is 1. The minimum absolute atomic E-state index is 0.0258. The summed E-state index contributed by atoms with van der Waals surface area (Å²) in [7, 11) is 0. The van der Waals surface area contributed by atoms with Gasteiger partial charge < -0.3 is 14.4 Å². The van der Waals surface area contributed by atoms with Crippen molar-refractivity contribution in [1.82, 2.24) is 4.90 Å². The zero-order valence-corrected chi connectivity index (χ0v) is 14.4. The third-order valence-corrected chi connectivity index (χ3v) is 4.92. The van der Waals surface area contributed by atoms with E-state index < -0.39 is 6.04 Å². The van der Waals surface area contributed by atoms with Crippen LogP contribution in [0.4, 0.5) is 0 Å². The second-order valence-corrected chi connectivity index (χ2v) is 6.65. The minimum Gasteiger partial charge on any atom is -0.489 e. The molecule has 5 heteroatoms. The summed E-state index contributed by atoms with van der Waals surface area (Å²) >= 11 is 0. The third-order valence-electron chi connectivity index (χ3n) is 4.92. The van der Waals surface area contributed by atoms with Crippen LogP contribution in [-0.2, 0) is 11.3 Å². The van der Waals surface area contributed by atoms with E-state index in [1.54, 1.807) is 17.0 Å². The normalized spacial score (nSPS) is 21.5. The highest BCUT2D eigenvalue weighted by atomic mass is 16.5. The maximum absolute atomic E-state index is 12.7. The van der Waals surface area contributed by atoms with Crippen LogP contribution in [0.5, 0.6) is 5.75 Å². The van der Waals surface area contributed by atoms with Crippen molar-refractivity contribution < 1.29 is 14.3 Å². The standard InChI is InChI=1S/C21H20N2O3/c22-12-20-19-11-16(26-14-15-5-2-1-3-6-15)8-9-18(19)21(24)23(20)13-17-7-4-10-25-17/h1-3,5-6,8-9,11,17,20H,4,7,10,13-14H2. The van der Waals surface area contributed by atoms with E-state index in [0.29, 0.717) is 24.5 Å². The molecule has 2 atom stereocenters. The number of nitrogens with zero attached hydrogens (tertiary/aromatic N) is 2. The number of amides is 1. The SMILES string of the molecule is N#CC1c2cc(OCc3ccccc3)ccc2C(=O)N1CC1CCCO1. The monoisotopic (exact) mass is 348 g/mol.